The number of carbonyl (C=O) groups is 2. The number of ether oxygens (including phenoxy) is 2. The van der Waals surface area contributed by atoms with Gasteiger partial charge in [-0.25, -0.2) is 0 Å². The van der Waals surface area contributed by atoms with E-state index in [0.717, 1.165) is 31.6 Å². The predicted molar refractivity (Wildman–Crippen MR) is 175 cm³/mol. The van der Waals surface area contributed by atoms with Gasteiger partial charge in [0.25, 0.3) is 0 Å². The van der Waals surface area contributed by atoms with Crippen molar-refractivity contribution < 1.29 is 34.4 Å². The minimum absolute atomic E-state index is 0.123. The largest absolute Gasteiger partial charge is 0.462 e. The van der Waals surface area contributed by atoms with Crippen LogP contribution in [0.5, 0.6) is 0 Å². The number of hydrogen-bond donors (Lipinski definition) is 3. The van der Waals surface area contributed by atoms with Gasteiger partial charge in [-0.15, -0.1) is 0 Å². The molecule has 248 valence electrons. The number of rotatable bonds is 28. The Morgan fingerprint density at radius 2 is 1.37 bits per heavy atom. The molecule has 7 nitrogen and oxygen atoms in total. The zero-order chi connectivity index (χ0) is 32.0. The molecule has 0 bridgehead atoms. The van der Waals surface area contributed by atoms with Crippen LogP contribution in [0.15, 0.2) is 48.6 Å². The van der Waals surface area contributed by atoms with E-state index >= 15 is 0 Å². The monoisotopic (exact) mass is 606 g/mol. The maximum atomic E-state index is 12.1. The number of allylic oxidation sites excluding steroid dienone is 5. The van der Waals surface area contributed by atoms with Crippen LogP contribution in [-0.2, 0) is 19.1 Å². The van der Waals surface area contributed by atoms with Crippen LogP contribution in [0.25, 0.3) is 0 Å². The maximum absolute atomic E-state index is 12.1. The summed E-state index contributed by atoms with van der Waals surface area (Å²) in [6, 6.07) is 0. The number of aliphatic hydroxyl groups excluding tert-OH is 3. The van der Waals surface area contributed by atoms with Crippen LogP contribution in [-0.4, -0.2) is 58.8 Å². The highest BCUT2D eigenvalue weighted by Crippen LogP contribution is 2.15. The summed E-state index contributed by atoms with van der Waals surface area (Å²) < 4.78 is 10.4. The molecule has 0 rings (SSSR count). The Hall–Kier alpha value is -2.22. The molecular weight excluding hydrogens is 544 g/mol. The highest BCUT2D eigenvalue weighted by Gasteiger charge is 2.16. The first-order valence-electron chi connectivity index (χ1n) is 16.8. The van der Waals surface area contributed by atoms with Crippen molar-refractivity contribution in [3.63, 3.8) is 0 Å². The molecule has 3 N–H and O–H groups in total. The summed E-state index contributed by atoms with van der Waals surface area (Å²) in [7, 11) is 0. The number of aliphatic hydroxyl groups is 3. The van der Waals surface area contributed by atoms with E-state index in [4.69, 9.17) is 9.47 Å². The first-order valence-corrected chi connectivity index (χ1v) is 16.8. The normalized spacial score (nSPS) is 15.0. The topological polar surface area (TPSA) is 113 Å². The summed E-state index contributed by atoms with van der Waals surface area (Å²) in [4.78, 5) is 24.1. The lowest BCUT2D eigenvalue weighted by Gasteiger charge is -2.16. The lowest BCUT2D eigenvalue weighted by molar-refractivity contribution is -0.161. The first kappa shape index (κ1) is 40.8. The highest BCUT2D eigenvalue weighted by molar-refractivity contribution is 5.70. The van der Waals surface area contributed by atoms with Gasteiger partial charge >= 0.3 is 11.9 Å². The average molecular weight is 607 g/mol. The van der Waals surface area contributed by atoms with E-state index in [-0.39, 0.29) is 19.0 Å². The fourth-order valence-electron chi connectivity index (χ4n) is 4.31. The van der Waals surface area contributed by atoms with Crippen molar-refractivity contribution in [2.45, 2.75) is 148 Å². The molecule has 0 aromatic rings. The van der Waals surface area contributed by atoms with Gasteiger partial charge in [0.15, 0.2) is 6.10 Å². The van der Waals surface area contributed by atoms with Crippen molar-refractivity contribution in [1.82, 2.24) is 0 Å². The first-order chi connectivity index (χ1) is 20.8. The molecule has 0 heterocycles. The van der Waals surface area contributed by atoms with Gasteiger partial charge in [-0.1, -0.05) is 127 Å². The molecule has 0 fully saturated rings. The molecule has 0 aromatic carbocycles. The lowest BCUT2D eigenvalue weighted by Crippen LogP contribution is -2.28. The molecule has 0 aliphatic rings. The quantitative estimate of drug-likeness (QED) is 0.0362. The molecule has 0 spiro atoms. The number of hydrogen-bond acceptors (Lipinski definition) is 7. The second kappa shape index (κ2) is 29.8. The maximum Gasteiger partial charge on any atom is 0.306 e. The molecule has 4 atom stereocenters. The van der Waals surface area contributed by atoms with E-state index in [0.29, 0.717) is 25.7 Å². The van der Waals surface area contributed by atoms with Crippen LogP contribution in [0.4, 0.5) is 0 Å². The van der Waals surface area contributed by atoms with Gasteiger partial charge in [0.1, 0.15) is 6.61 Å². The standard InChI is InChI=1S/C36H62O7/c1-4-6-7-8-12-17-23-32(38)24-18-14-15-19-25-33(39)26-21-28-35(40)42-30-34(29-37)43-36(41)27-20-13-10-9-11-16-22-31(3)5-2/h12,14-15,17-19,24-25,31-34,37-39H,4-11,13,16,20-23,26-30H2,1-3H3/b15-14+,17-12-,24-18+,25-19-/t31?,32-,33-,34+/m1/s1. The fourth-order valence-corrected chi connectivity index (χ4v) is 4.31. The number of unbranched alkanes of at least 4 members (excludes halogenated alkanes) is 8. The second-order valence-corrected chi connectivity index (χ2v) is 11.5. The van der Waals surface area contributed by atoms with Crippen LogP contribution in [0, 0.1) is 5.92 Å². The van der Waals surface area contributed by atoms with Gasteiger partial charge in [0.2, 0.25) is 0 Å². The molecule has 0 saturated heterocycles. The summed E-state index contributed by atoms with van der Waals surface area (Å²) in [5.41, 5.74) is 0. The molecule has 1 unspecified atom stereocenters. The molecule has 0 radical (unpaired) electrons. The minimum atomic E-state index is -0.862. The van der Waals surface area contributed by atoms with Crippen LogP contribution >= 0.6 is 0 Å². The van der Waals surface area contributed by atoms with Gasteiger partial charge in [-0.05, 0) is 44.4 Å². The van der Waals surface area contributed by atoms with Gasteiger partial charge in [-0.3, -0.25) is 9.59 Å². The van der Waals surface area contributed by atoms with Crippen molar-refractivity contribution >= 4 is 11.9 Å². The summed E-state index contributed by atoms with van der Waals surface area (Å²) in [6.07, 6.45) is 28.1. The van der Waals surface area contributed by atoms with E-state index in [1.807, 2.05) is 6.08 Å². The van der Waals surface area contributed by atoms with E-state index in [9.17, 15) is 24.9 Å². The molecular formula is C36H62O7. The second-order valence-electron chi connectivity index (χ2n) is 11.5. The van der Waals surface area contributed by atoms with Gasteiger partial charge in [0, 0.05) is 12.8 Å². The highest BCUT2D eigenvalue weighted by atomic mass is 16.6. The average Bonchev–Trinajstić information content (AvgIpc) is 2.99. The Kier molecular flexibility index (Phi) is 28.3. The Morgan fingerprint density at radius 1 is 0.721 bits per heavy atom. The Balaban J connectivity index is 3.95. The van der Waals surface area contributed by atoms with E-state index < -0.39 is 30.9 Å². The van der Waals surface area contributed by atoms with E-state index in [1.165, 1.54) is 51.4 Å². The fraction of sp³-hybridized carbons (Fsp3) is 0.722. The third-order valence-corrected chi connectivity index (χ3v) is 7.36. The minimum Gasteiger partial charge on any atom is -0.462 e. The molecule has 7 heteroatoms. The van der Waals surface area contributed by atoms with Crippen LogP contribution in [0.2, 0.25) is 0 Å². The molecule has 43 heavy (non-hydrogen) atoms. The van der Waals surface area contributed by atoms with Crippen LogP contribution < -0.4 is 0 Å². The van der Waals surface area contributed by atoms with Crippen molar-refractivity contribution in [1.29, 1.82) is 0 Å². The predicted octanol–water partition coefficient (Wildman–Crippen LogP) is 7.69. The molecule has 0 aliphatic heterocycles. The molecule has 0 amide bonds. The van der Waals surface area contributed by atoms with Gasteiger partial charge in [-0.2, -0.15) is 0 Å². The Bertz CT molecular complexity index is 786. The summed E-state index contributed by atoms with van der Waals surface area (Å²) in [5, 5.41) is 29.5. The zero-order valence-corrected chi connectivity index (χ0v) is 27.3. The third kappa shape index (κ3) is 28.3. The van der Waals surface area contributed by atoms with Crippen molar-refractivity contribution in [3.05, 3.63) is 48.6 Å². The Labute approximate surface area is 262 Å². The van der Waals surface area contributed by atoms with E-state index in [1.54, 1.807) is 36.5 Å². The number of carbonyl (C=O) groups excluding carboxylic acids is 2. The van der Waals surface area contributed by atoms with Crippen molar-refractivity contribution in [2.75, 3.05) is 13.2 Å². The molecule has 0 saturated carbocycles. The van der Waals surface area contributed by atoms with E-state index in [2.05, 4.69) is 26.8 Å². The SMILES string of the molecule is CCCCC/C=C\C[C@@H](O)/C=C/C=C/C=C\[C@@H](O)CCCC(=O)OC[C@H](CO)OC(=O)CCCCCCCCC(C)CC. The molecule has 0 aromatic heterocycles. The lowest BCUT2D eigenvalue weighted by atomic mass is 10.00. The number of esters is 2. The van der Waals surface area contributed by atoms with Crippen LogP contribution in [0.3, 0.4) is 0 Å². The molecule has 0 aliphatic carbocycles. The Morgan fingerprint density at radius 3 is 2.05 bits per heavy atom. The van der Waals surface area contributed by atoms with Gasteiger partial charge in [0.05, 0.1) is 18.8 Å². The van der Waals surface area contributed by atoms with Gasteiger partial charge < -0.3 is 24.8 Å². The summed E-state index contributed by atoms with van der Waals surface area (Å²) >= 11 is 0. The summed E-state index contributed by atoms with van der Waals surface area (Å²) in [5.74, 6) is -0.0400. The third-order valence-electron chi connectivity index (χ3n) is 7.36. The summed E-state index contributed by atoms with van der Waals surface area (Å²) in [6.45, 7) is 6.12. The van der Waals surface area contributed by atoms with Crippen LogP contribution in [0.1, 0.15) is 130 Å². The van der Waals surface area contributed by atoms with Crippen molar-refractivity contribution in [3.8, 4) is 0 Å². The zero-order valence-electron chi connectivity index (χ0n) is 27.3. The van der Waals surface area contributed by atoms with Crippen molar-refractivity contribution in [2.24, 2.45) is 5.92 Å². The smallest absolute Gasteiger partial charge is 0.306 e.